The summed E-state index contributed by atoms with van der Waals surface area (Å²) in [6.45, 7) is 0. The molecule has 0 saturated carbocycles. The van der Waals surface area contributed by atoms with E-state index in [4.69, 9.17) is 17.5 Å². The first-order valence-electron chi connectivity index (χ1n) is 3.86. The molecule has 0 aliphatic rings. The lowest BCUT2D eigenvalue weighted by atomic mass is 10.1. The Bertz CT molecular complexity index is 445. The molecule has 1 heterocycles. The van der Waals surface area contributed by atoms with Crippen LogP contribution in [-0.4, -0.2) is 18.1 Å². The van der Waals surface area contributed by atoms with Gasteiger partial charge in [0.1, 0.15) is 10.7 Å². The largest absolute Gasteiger partial charge is 0.469 e. The van der Waals surface area contributed by atoms with E-state index in [-0.39, 0.29) is 12.4 Å². The number of nitrogens with zero attached hydrogens (tertiary/aromatic N) is 1. The van der Waals surface area contributed by atoms with Crippen molar-refractivity contribution in [2.45, 2.75) is 6.42 Å². The summed E-state index contributed by atoms with van der Waals surface area (Å²) in [5.41, 5.74) is 0.913. The van der Waals surface area contributed by atoms with Gasteiger partial charge in [-0.2, -0.15) is 5.26 Å². The number of aromatic nitrogens is 1. The Morgan fingerprint density at radius 3 is 3.07 bits per heavy atom. The highest BCUT2D eigenvalue weighted by Crippen LogP contribution is 2.08. The zero-order valence-electron chi connectivity index (χ0n) is 7.53. The van der Waals surface area contributed by atoms with Crippen molar-refractivity contribution in [3.8, 4) is 6.07 Å². The van der Waals surface area contributed by atoms with Crippen molar-refractivity contribution >= 4 is 18.2 Å². The van der Waals surface area contributed by atoms with Crippen LogP contribution in [0.2, 0.25) is 0 Å². The van der Waals surface area contributed by atoms with E-state index in [1.807, 2.05) is 6.07 Å². The van der Waals surface area contributed by atoms with Crippen LogP contribution in [0.3, 0.4) is 0 Å². The first-order valence-corrected chi connectivity index (χ1v) is 4.27. The fraction of sp³-hybridized carbons (Fsp3) is 0.222. The predicted molar refractivity (Wildman–Crippen MR) is 52.1 cm³/mol. The summed E-state index contributed by atoms with van der Waals surface area (Å²) in [6, 6.07) is 3.59. The molecule has 0 aromatic carbocycles. The van der Waals surface area contributed by atoms with Crippen molar-refractivity contribution in [2.24, 2.45) is 0 Å². The average molecular weight is 208 g/mol. The Balaban J connectivity index is 3.10. The van der Waals surface area contributed by atoms with Gasteiger partial charge in [-0.1, -0.05) is 12.2 Å². The number of esters is 1. The highest BCUT2D eigenvalue weighted by atomic mass is 32.1. The third-order valence-corrected chi connectivity index (χ3v) is 2.04. The molecule has 0 spiro atoms. The number of hydrogen-bond donors (Lipinski definition) is 1. The maximum absolute atomic E-state index is 11.0. The molecule has 14 heavy (non-hydrogen) atoms. The predicted octanol–water partition coefficient (Wildman–Crippen LogP) is 1.33. The molecule has 0 unspecified atom stereocenters. The molecule has 1 aromatic rings. The van der Waals surface area contributed by atoms with Crippen LogP contribution in [0.5, 0.6) is 0 Å². The van der Waals surface area contributed by atoms with Gasteiger partial charge in [-0.25, -0.2) is 0 Å². The average Bonchev–Trinajstić information content (AvgIpc) is 2.18. The Morgan fingerprint density at radius 2 is 2.50 bits per heavy atom. The molecule has 4 nitrogen and oxygen atoms in total. The van der Waals surface area contributed by atoms with Crippen LogP contribution in [-0.2, 0) is 16.0 Å². The Morgan fingerprint density at radius 1 is 1.79 bits per heavy atom. The Labute approximate surface area is 86.1 Å². The van der Waals surface area contributed by atoms with E-state index in [9.17, 15) is 4.79 Å². The lowest BCUT2D eigenvalue weighted by molar-refractivity contribution is -0.139. The summed E-state index contributed by atoms with van der Waals surface area (Å²) in [7, 11) is 1.30. The second-order valence-corrected chi connectivity index (χ2v) is 2.98. The molecule has 1 rings (SSSR count). The minimum absolute atomic E-state index is 0.0672. The standard InChI is InChI=1S/C9H8N2O2S/c1-13-8(12)4-6-2-3-11-9(14)7(6)5-10/h2-3H,4H2,1H3,(H,11,14). The van der Waals surface area contributed by atoms with Crippen LogP contribution >= 0.6 is 12.2 Å². The lowest BCUT2D eigenvalue weighted by Crippen LogP contribution is -2.06. The number of ether oxygens (including phenoxy) is 1. The monoisotopic (exact) mass is 208 g/mol. The minimum Gasteiger partial charge on any atom is -0.469 e. The summed E-state index contributed by atoms with van der Waals surface area (Å²) in [4.78, 5) is 13.7. The fourth-order valence-corrected chi connectivity index (χ4v) is 1.26. The van der Waals surface area contributed by atoms with Gasteiger partial charge >= 0.3 is 5.97 Å². The van der Waals surface area contributed by atoms with Crippen LogP contribution in [0.1, 0.15) is 11.1 Å². The number of nitriles is 1. The van der Waals surface area contributed by atoms with Gasteiger partial charge in [0.05, 0.1) is 19.1 Å². The number of carbonyl (C=O) groups excluding carboxylic acids is 1. The van der Waals surface area contributed by atoms with Crippen LogP contribution in [0.4, 0.5) is 0 Å². The second kappa shape index (κ2) is 4.53. The highest BCUT2D eigenvalue weighted by Gasteiger charge is 2.08. The first kappa shape index (κ1) is 10.4. The van der Waals surface area contributed by atoms with Gasteiger partial charge in [-0.05, 0) is 11.6 Å². The second-order valence-electron chi connectivity index (χ2n) is 2.57. The van der Waals surface area contributed by atoms with E-state index < -0.39 is 0 Å². The Hall–Kier alpha value is -1.67. The fourth-order valence-electron chi connectivity index (χ4n) is 1.02. The van der Waals surface area contributed by atoms with Gasteiger partial charge in [0.15, 0.2) is 0 Å². The molecule has 0 saturated heterocycles. The van der Waals surface area contributed by atoms with E-state index in [2.05, 4.69) is 9.72 Å². The number of hydrogen-bond acceptors (Lipinski definition) is 4. The van der Waals surface area contributed by atoms with E-state index in [1.165, 1.54) is 7.11 Å². The lowest BCUT2D eigenvalue weighted by Gasteiger charge is -2.01. The van der Waals surface area contributed by atoms with Crippen molar-refractivity contribution in [1.29, 1.82) is 5.26 Å². The van der Waals surface area contributed by atoms with E-state index in [0.717, 1.165) is 0 Å². The van der Waals surface area contributed by atoms with Gasteiger partial charge in [0.2, 0.25) is 0 Å². The molecule has 0 aliphatic heterocycles. The molecule has 0 fully saturated rings. The van der Waals surface area contributed by atoms with Crippen molar-refractivity contribution in [3.63, 3.8) is 0 Å². The number of rotatable bonds is 2. The maximum Gasteiger partial charge on any atom is 0.310 e. The Kier molecular flexibility index (Phi) is 3.37. The van der Waals surface area contributed by atoms with Crippen LogP contribution in [0.15, 0.2) is 12.3 Å². The summed E-state index contributed by atoms with van der Waals surface area (Å²) >= 11 is 4.90. The van der Waals surface area contributed by atoms with Gasteiger partial charge in [0, 0.05) is 6.20 Å². The molecule has 1 N–H and O–H groups in total. The number of aromatic amines is 1. The molecule has 5 heteroatoms. The molecule has 0 atom stereocenters. The third-order valence-electron chi connectivity index (χ3n) is 1.72. The smallest absolute Gasteiger partial charge is 0.310 e. The van der Waals surface area contributed by atoms with Gasteiger partial charge in [-0.3, -0.25) is 4.79 Å². The number of H-pyrrole nitrogens is 1. The molecule has 0 aliphatic carbocycles. The number of carbonyl (C=O) groups is 1. The topological polar surface area (TPSA) is 65.9 Å². The summed E-state index contributed by atoms with van der Waals surface area (Å²) in [5, 5.41) is 8.80. The molecule has 72 valence electrons. The summed E-state index contributed by atoms with van der Waals surface area (Å²) in [5.74, 6) is -0.387. The molecular weight excluding hydrogens is 200 g/mol. The third kappa shape index (κ3) is 2.18. The van der Waals surface area contributed by atoms with Crippen LogP contribution < -0.4 is 0 Å². The zero-order chi connectivity index (χ0) is 10.6. The first-order chi connectivity index (χ1) is 6.69. The highest BCUT2D eigenvalue weighted by molar-refractivity contribution is 7.71. The number of methoxy groups -OCH3 is 1. The number of nitrogens with one attached hydrogen (secondary N) is 1. The zero-order valence-corrected chi connectivity index (χ0v) is 8.35. The van der Waals surface area contributed by atoms with Crippen LogP contribution in [0, 0.1) is 16.0 Å². The summed E-state index contributed by atoms with van der Waals surface area (Å²) < 4.78 is 4.84. The van der Waals surface area contributed by atoms with Crippen molar-refractivity contribution in [1.82, 2.24) is 4.98 Å². The van der Waals surface area contributed by atoms with Gasteiger partial charge in [-0.15, -0.1) is 0 Å². The van der Waals surface area contributed by atoms with Crippen LogP contribution in [0.25, 0.3) is 0 Å². The molecule has 0 bridgehead atoms. The van der Waals surface area contributed by atoms with E-state index >= 15 is 0 Å². The molecule has 0 amide bonds. The van der Waals surface area contributed by atoms with Crippen molar-refractivity contribution in [2.75, 3.05) is 7.11 Å². The minimum atomic E-state index is -0.387. The van der Waals surface area contributed by atoms with Crippen molar-refractivity contribution < 1.29 is 9.53 Å². The maximum atomic E-state index is 11.0. The van der Waals surface area contributed by atoms with E-state index in [0.29, 0.717) is 15.8 Å². The van der Waals surface area contributed by atoms with Crippen molar-refractivity contribution in [3.05, 3.63) is 28.0 Å². The van der Waals surface area contributed by atoms with Gasteiger partial charge < -0.3 is 9.72 Å². The quantitative estimate of drug-likeness (QED) is 0.588. The normalized spacial score (nSPS) is 9.14. The van der Waals surface area contributed by atoms with E-state index in [1.54, 1.807) is 12.3 Å². The summed E-state index contributed by atoms with van der Waals surface area (Å²) in [6.07, 6.45) is 1.67. The molecule has 0 radical (unpaired) electrons. The molecular formula is C9H8N2O2S. The van der Waals surface area contributed by atoms with Gasteiger partial charge in [0.25, 0.3) is 0 Å². The SMILES string of the molecule is COC(=O)Cc1cc[nH]c(=S)c1C#N. The molecule has 1 aromatic heterocycles. The number of pyridine rings is 1.